The molecular formula is C16H18ClNS. The molecule has 0 heterocycles. The van der Waals surface area contributed by atoms with Crippen LogP contribution in [-0.2, 0) is 6.42 Å². The molecule has 0 radical (unpaired) electrons. The van der Waals surface area contributed by atoms with Crippen molar-refractivity contribution < 1.29 is 0 Å². The Balaban J connectivity index is 2.32. The topological polar surface area (TPSA) is 26.0 Å². The summed E-state index contributed by atoms with van der Waals surface area (Å²) in [5, 5.41) is 0.805. The Hall–Kier alpha value is -0.960. The van der Waals surface area contributed by atoms with Crippen molar-refractivity contribution in [2.45, 2.75) is 30.1 Å². The van der Waals surface area contributed by atoms with Crippen LogP contribution in [0.1, 0.15) is 16.7 Å². The molecule has 100 valence electrons. The molecule has 0 amide bonds. The van der Waals surface area contributed by atoms with E-state index in [1.807, 2.05) is 12.1 Å². The van der Waals surface area contributed by atoms with Crippen LogP contribution in [0.3, 0.4) is 0 Å². The summed E-state index contributed by atoms with van der Waals surface area (Å²) >= 11 is 8.01. The Morgan fingerprint density at radius 3 is 2.58 bits per heavy atom. The lowest BCUT2D eigenvalue weighted by Gasteiger charge is -2.11. The standard InChI is InChI=1S/C16H18ClNS/c1-11-6-7-13(10-12(11)2)19-16-5-3-4-15(17)14(16)8-9-18/h3-7,10H,8-9,18H2,1-2H3. The van der Waals surface area contributed by atoms with Crippen molar-refractivity contribution in [3.8, 4) is 0 Å². The van der Waals surface area contributed by atoms with Crippen molar-refractivity contribution in [3.05, 3.63) is 58.1 Å². The average Bonchev–Trinajstić information content (AvgIpc) is 2.38. The molecule has 2 aromatic carbocycles. The fourth-order valence-electron chi connectivity index (χ4n) is 1.93. The molecule has 1 nitrogen and oxygen atoms in total. The third-order valence-electron chi connectivity index (χ3n) is 3.18. The van der Waals surface area contributed by atoms with Crippen LogP contribution < -0.4 is 5.73 Å². The Bertz CT molecular complexity index is 581. The molecule has 0 aliphatic carbocycles. The highest BCUT2D eigenvalue weighted by atomic mass is 35.5. The van der Waals surface area contributed by atoms with Gasteiger partial charge in [-0.15, -0.1) is 0 Å². The van der Waals surface area contributed by atoms with Crippen molar-refractivity contribution in [1.82, 2.24) is 0 Å². The molecular weight excluding hydrogens is 274 g/mol. The van der Waals surface area contributed by atoms with Gasteiger partial charge in [0.25, 0.3) is 0 Å². The first kappa shape index (κ1) is 14.4. The molecule has 2 rings (SSSR count). The van der Waals surface area contributed by atoms with Gasteiger partial charge in [0, 0.05) is 14.8 Å². The quantitative estimate of drug-likeness (QED) is 0.890. The molecule has 0 aliphatic rings. The second kappa shape index (κ2) is 6.47. The van der Waals surface area contributed by atoms with Gasteiger partial charge in [-0.25, -0.2) is 0 Å². The Morgan fingerprint density at radius 1 is 1.11 bits per heavy atom. The minimum Gasteiger partial charge on any atom is -0.330 e. The minimum atomic E-state index is 0.615. The molecule has 0 aliphatic heterocycles. The zero-order valence-corrected chi connectivity index (χ0v) is 12.8. The van der Waals surface area contributed by atoms with E-state index in [1.165, 1.54) is 20.9 Å². The van der Waals surface area contributed by atoms with Gasteiger partial charge < -0.3 is 5.73 Å². The highest BCUT2D eigenvalue weighted by Gasteiger charge is 2.08. The monoisotopic (exact) mass is 291 g/mol. The molecule has 0 saturated heterocycles. The zero-order chi connectivity index (χ0) is 13.8. The molecule has 0 fully saturated rings. The van der Waals surface area contributed by atoms with Gasteiger partial charge >= 0.3 is 0 Å². The van der Waals surface area contributed by atoms with E-state index in [4.69, 9.17) is 17.3 Å². The number of nitrogens with two attached hydrogens (primary N) is 1. The molecule has 0 bridgehead atoms. The lowest BCUT2D eigenvalue weighted by atomic mass is 10.1. The predicted molar refractivity (Wildman–Crippen MR) is 84.2 cm³/mol. The molecule has 0 spiro atoms. The van der Waals surface area contributed by atoms with Crippen LogP contribution in [0.25, 0.3) is 0 Å². The molecule has 2 aromatic rings. The Labute approximate surface area is 124 Å². The number of benzene rings is 2. The first-order chi connectivity index (χ1) is 9.11. The second-order valence-electron chi connectivity index (χ2n) is 4.60. The van der Waals surface area contributed by atoms with Crippen molar-refractivity contribution >= 4 is 23.4 Å². The number of halogens is 1. The summed E-state index contributed by atoms with van der Waals surface area (Å²) in [4.78, 5) is 2.44. The smallest absolute Gasteiger partial charge is 0.0449 e. The summed E-state index contributed by atoms with van der Waals surface area (Å²) in [6, 6.07) is 12.6. The first-order valence-corrected chi connectivity index (χ1v) is 7.54. The summed E-state index contributed by atoms with van der Waals surface area (Å²) in [6.45, 7) is 4.88. The number of aryl methyl sites for hydroxylation is 2. The molecule has 19 heavy (non-hydrogen) atoms. The summed E-state index contributed by atoms with van der Waals surface area (Å²) < 4.78 is 0. The van der Waals surface area contributed by atoms with Crippen LogP contribution in [-0.4, -0.2) is 6.54 Å². The van der Waals surface area contributed by atoms with Crippen LogP contribution in [0, 0.1) is 13.8 Å². The van der Waals surface area contributed by atoms with Crippen molar-refractivity contribution in [2.24, 2.45) is 5.73 Å². The molecule has 3 heteroatoms. The number of rotatable bonds is 4. The van der Waals surface area contributed by atoms with Crippen molar-refractivity contribution in [3.63, 3.8) is 0 Å². The highest BCUT2D eigenvalue weighted by molar-refractivity contribution is 7.99. The fourth-order valence-corrected chi connectivity index (χ4v) is 3.36. The van der Waals surface area contributed by atoms with Crippen molar-refractivity contribution in [1.29, 1.82) is 0 Å². The van der Waals surface area contributed by atoms with Crippen molar-refractivity contribution in [2.75, 3.05) is 6.54 Å². The van der Waals surface area contributed by atoms with E-state index < -0.39 is 0 Å². The Kier molecular flexibility index (Phi) is 4.92. The van der Waals surface area contributed by atoms with E-state index in [2.05, 4.69) is 38.1 Å². The van der Waals surface area contributed by atoms with E-state index in [9.17, 15) is 0 Å². The molecule has 0 atom stereocenters. The van der Waals surface area contributed by atoms with E-state index in [1.54, 1.807) is 11.8 Å². The van der Waals surface area contributed by atoms with Gasteiger partial charge in [0.15, 0.2) is 0 Å². The molecule has 0 unspecified atom stereocenters. The van der Waals surface area contributed by atoms with Crippen LogP contribution in [0.15, 0.2) is 46.2 Å². The fraction of sp³-hybridized carbons (Fsp3) is 0.250. The molecule has 2 N–H and O–H groups in total. The highest BCUT2D eigenvalue weighted by Crippen LogP contribution is 2.34. The Morgan fingerprint density at radius 2 is 1.89 bits per heavy atom. The lowest BCUT2D eigenvalue weighted by Crippen LogP contribution is -2.04. The van der Waals surface area contributed by atoms with Gasteiger partial charge in [-0.05, 0) is 67.8 Å². The van der Waals surface area contributed by atoms with Crippen LogP contribution >= 0.6 is 23.4 Å². The van der Waals surface area contributed by atoms with Gasteiger partial charge in [-0.3, -0.25) is 0 Å². The van der Waals surface area contributed by atoms with Gasteiger partial charge in [-0.2, -0.15) is 0 Å². The normalized spacial score (nSPS) is 10.7. The SMILES string of the molecule is Cc1ccc(Sc2cccc(Cl)c2CCN)cc1C. The summed E-state index contributed by atoms with van der Waals surface area (Å²) in [5.41, 5.74) is 9.45. The second-order valence-corrected chi connectivity index (χ2v) is 6.13. The largest absolute Gasteiger partial charge is 0.330 e. The van der Waals surface area contributed by atoms with E-state index in [0.29, 0.717) is 6.54 Å². The van der Waals surface area contributed by atoms with Gasteiger partial charge in [0.05, 0.1) is 0 Å². The van der Waals surface area contributed by atoms with E-state index >= 15 is 0 Å². The van der Waals surface area contributed by atoms with Gasteiger partial charge in [0.1, 0.15) is 0 Å². The number of hydrogen-bond acceptors (Lipinski definition) is 2. The first-order valence-electron chi connectivity index (χ1n) is 6.34. The predicted octanol–water partition coefficient (Wildman–Crippen LogP) is 4.61. The lowest BCUT2D eigenvalue weighted by molar-refractivity contribution is 0.944. The van der Waals surface area contributed by atoms with Crippen LogP contribution in [0.4, 0.5) is 0 Å². The third kappa shape index (κ3) is 3.53. The zero-order valence-electron chi connectivity index (χ0n) is 11.2. The van der Waals surface area contributed by atoms with Gasteiger partial charge in [-0.1, -0.05) is 35.5 Å². The average molecular weight is 292 g/mol. The maximum atomic E-state index is 6.26. The number of hydrogen-bond donors (Lipinski definition) is 1. The third-order valence-corrected chi connectivity index (χ3v) is 4.62. The summed E-state index contributed by atoms with van der Waals surface area (Å²) in [7, 11) is 0. The molecule has 0 saturated carbocycles. The van der Waals surface area contributed by atoms with Crippen LogP contribution in [0.2, 0.25) is 5.02 Å². The van der Waals surface area contributed by atoms with E-state index in [-0.39, 0.29) is 0 Å². The maximum absolute atomic E-state index is 6.26. The summed E-state index contributed by atoms with van der Waals surface area (Å²) in [5.74, 6) is 0. The maximum Gasteiger partial charge on any atom is 0.0449 e. The van der Waals surface area contributed by atoms with E-state index in [0.717, 1.165) is 17.0 Å². The molecule has 0 aromatic heterocycles. The van der Waals surface area contributed by atoms with Gasteiger partial charge in [0.2, 0.25) is 0 Å². The minimum absolute atomic E-state index is 0.615. The van der Waals surface area contributed by atoms with Crippen LogP contribution in [0.5, 0.6) is 0 Å². The summed E-state index contributed by atoms with van der Waals surface area (Å²) in [6.07, 6.45) is 0.812.